The normalized spacial score (nSPS) is 15.3. The number of benzene rings is 2. The first kappa shape index (κ1) is 22.9. The van der Waals surface area contributed by atoms with E-state index in [0.29, 0.717) is 42.6 Å². The molecule has 7 nitrogen and oxygen atoms in total. The van der Waals surface area contributed by atoms with E-state index in [1.54, 1.807) is 18.2 Å². The number of carbonyl (C=O) groups excluding carboxylic acids is 1. The zero-order valence-corrected chi connectivity index (χ0v) is 18.7. The number of nitrogens with zero attached hydrogens (tertiary/aromatic N) is 1. The number of sulfonamides is 1. The van der Waals surface area contributed by atoms with Crippen LogP contribution < -0.4 is 10.9 Å². The van der Waals surface area contributed by atoms with Crippen molar-refractivity contribution in [2.24, 2.45) is 0 Å². The molecule has 160 valence electrons. The van der Waals surface area contributed by atoms with Gasteiger partial charge in [-0.3, -0.25) is 15.6 Å². The van der Waals surface area contributed by atoms with Gasteiger partial charge in [0.25, 0.3) is 5.91 Å². The molecule has 0 spiro atoms. The Kier molecular flexibility index (Phi) is 7.62. The molecule has 1 heterocycles. The lowest BCUT2D eigenvalue weighted by molar-refractivity contribution is -0.115. The summed E-state index contributed by atoms with van der Waals surface area (Å²) in [6.45, 7) is 1.43. The van der Waals surface area contributed by atoms with E-state index in [9.17, 15) is 13.2 Å². The van der Waals surface area contributed by atoms with E-state index in [1.165, 1.54) is 34.6 Å². The van der Waals surface area contributed by atoms with E-state index in [1.807, 2.05) is 0 Å². The maximum atomic E-state index is 12.6. The first-order valence-corrected chi connectivity index (χ1v) is 11.4. The predicted molar refractivity (Wildman–Crippen MR) is 118 cm³/mol. The molecule has 1 amide bonds. The molecule has 2 aromatic carbocycles. The summed E-state index contributed by atoms with van der Waals surface area (Å²) in [7, 11) is -3.56. The van der Waals surface area contributed by atoms with Crippen LogP contribution in [-0.2, 0) is 19.6 Å². The summed E-state index contributed by atoms with van der Waals surface area (Å²) < 4.78 is 31.8. The highest BCUT2D eigenvalue weighted by molar-refractivity contribution is 7.89. The Hall–Kier alpha value is -1.81. The van der Waals surface area contributed by atoms with Crippen molar-refractivity contribution in [3.8, 4) is 0 Å². The largest absolute Gasteiger partial charge is 0.379 e. The second-order valence-electron chi connectivity index (χ2n) is 6.28. The summed E-state index contributed by atoms with van der Waals surface area (Å²) >= 11 is 17.9. The number of amides is 1. The number of carbonyl (C=O) groups is 1. The van der Waals surface area contributed by atoms with Crippen molar-refractivity contribution in [3.05, 3.63) is 63.1 Å². The van der Waals surface area contributed by atoms with Crippen LogP contribution in [0.15, 0.2) is 47.4 Å². The van der Waals surface area contributed by atoms with Crippen molar-refractivity contribution in [3.63, 3.8) is 0 Å². The quantitative estimate of drug-likeness (QED) is 0.475. The third kappa shape index (κ3) is 5.66. The molecular formula is C19H18Cl3N3O4S. The van der Waals surface area contributed by atoms with Gasteiger partial charge in [0.1, 0.15) is 0 Å². The summed E-state index contributed by atoms with van der Waals surface area (Å²) in [5.41, 5.74) is 6.07. The van der Waals surface area contributed by atoms with Gasteiger partial charge in [0.2, 0.25) is 10.0 Å². The van der Waals surface area contributed by atoms with Gasteiger partial charge in [-0.2, -0.15) is 4.31 Å². The number of hydrogen-bond donors (Lipinski definition) is 2. The van der Waals surface area contributed by atoms with E-state index in [4.69, 9.17) is 39.5 Å². The van der Waals surface area contributed by atoms with E-state index in [0.717, 1.165) is 0 Å². The minimum absolute atomic E-state index is 0.194. The predicted octanol–water partition coefficient (Wildman–Crippen LogP) is 3.82. The fourth-order valence-electron chi connectivity index (χ4n) is 2.69. The minimum Gasteiger partial charge on any atom is -0.379 e. The van der Waals surface area contributed by atoms with Crippen molar-refractivity contribution in [2.75, 3.05) is 31.7 Å². The van der Waals surface area contributed by atoms with E-state index < -0.39 is 15.9 Å². The molecule has 1 aliphatic heterocycles. The van der Waals surface area contributed by atoms with Crippen LogP contribution in [0, 0.1) is 0 Å². The highest BCUT2D eigenvalue weighted by Gasteiger charge is 2.25. The van der Waals surface area contributed by atoms with E-state index in [2.05, 4.69) is 10.9 Å². The van der Waals surface area contributed by atoms with E-state index >= 15 is 0 Å². The van der Waals surface area contributed by atoms with Crippen LogP contribution in [0.1, 0.15) is 5.56 Å². The Balaban J connectivity index is 1.60. The lowest BCUT2D eigenvalue weighted by Crippen LogP contribution is -2.40. The van der Waals surface area contributed by atoms with Crippen LogP contribution in [0.2, 0.25) is 15.1 Å². The fourth-order valence-corrected chi connectivity index (χ4v) is 5.01. The molecule has 0 bridgehead atoms. The minimum atomic E-state index is -3.56. The molecule has 0 unspecified atom stereocenters. The standard InChI is InChI=1S/C19H18Cl3N3O4S/c20-14-11-16(21)19(17(22)12-14)24-23-18(26)6-3-13-1-4-15(5-2-13)30(27,28)25-7-9-29-10-8-25/h1-6,11-12,24H,7-10H2,(H,23,26)/b6-3+. The van der Waals surface area contributed by atoms with Crippen molar-refractivity contribution in [1.82, 2.24) is 9.73 Å². The third-order valence-corrected chi connectivity index (χ3v) is 6.96. The number of halogens is 3. The van der Waals surface area contributed by atoms with Crippen LogP contribution in [-0.4, -0.2) is 44.9 Å². The highest BCUT2D eigenvalue weighted by atomic mass is 35.5. The summed E-state index contributed by atoms with van der Waals surface area (Å²) in [6, 6.07) is 9.24. The molecule has 0 saturated carbocycles. The maximum Gasteiger partial charge on any atom is 0.262 e. The van der Waals surface area contributed by atoms with Crippen LogP contribution in [0.5, 0.6) is 0 Å². The topological polar surface area (TPSA) is 87.7 Å². The summed E-state index contributed by atoms with van der Waals surface area (Å²) in [5.74, 6) is -0.456. The Bertz CT molecular complexity index is 1030. The van der Waals surface area contributed by atoms with Crippen LogP contribution >= 0.6 is 34.8 Å². The molecule has 0 aromatic heterocycles. The summed E-state index contributed by atoms with van der Waals surface area (Å²) in [6.07, 6.45) is 2.84. The number of nitrogens with one attached hydrogen (secondary N) is 2. The third-order valence-electron chi connectivity index (χ3n) is 4.23. The second kappa shape index (κ2) is 10.00. The van der Waals surface area contributed by atoms with E-state index in [-0.39, 0.29) is 14.9 Å². The molecule has 0 aliphatic carbocycles. The van der Waals surface area contributed by atoms with Gasteiger partial charge in [-0.25, -0.2) is 8.42 Å². The molecule has 0 atom stereocenters. The van der Waals surface area contributed by atoms with Crippen LogP contribution in [0.25, 0.3) is 6.08 Å². The lowest BCUT2D eigenvalue weighted by Gasteiger charge is -2.26. The number of anilines is 1. The highest BCUT2D eigenvalue weighted by Crippen LogP contribution is 2.33. The SMILES string of the molecule is O=C(/C=C/c1ccc(S(=O)(=O)N2CCOCC2)cc1)NNc1c(Cl)cc(Cl)cc1Cl. The van der Waals surface area contributed by atoms with Gasteiger partial charge in [0, 0.05) is 24.2 Å². The first-order valence-electron chi connectivity index (χ1n) is 8.84. The molecule has 11 heteroatoms. The Morgan fingerprint density at radius 1 is 1.03 bits per heavy atom. The average Bonchev–Trinajstić information content (AvgIpc) is 2.72. The number of hydrazine groups is 1. The molecule has 1 saturated heterocycles. The van der Waals surface area contributed by atoms with Gasteiger partial charge in [-0.15, -0.1) is 0 Å². The molecule has 0 radical (unpaired) electrons. The van der Waals surface area contributed by atoms with Crippen LogP contribution in [0.4, 0.5) is 5.69 Å². The molecular weight excluding hydrogens is 473 g/mol. The van der Waals surface area contributed by atoms with Crippen molar-refractivity contribution in [1.29, 1.82) is 0 Å². The molecule has 1 fully saturated rings. The number of rotatable bonds is 6. The van der Waals surface area contributed by atoms with Gasteiger partial charge in [-0.1, -0.05) is 46.9 Å². The Morgan fingerprint density at radius 2 is 1.63 bits per heavy atom. The Labute approximate surface area is 189 Å². The van der Waals surface area contributed by atoms with Gasteiger partial charge in [0.15, 0.2) is 0 Å². The van der Waals surface area contributed by atoms with Crippen molar-refractivity contribution in [2.45, 2.75) is 4.90 Å². The van der Waals surface area contributed by atoms with Crippen molar-refractivity contribution < 1.29 is 17.9 Å². The van der Waals surface area contributed by atoms with Gasteiger partial charge in [-0.05, 0) is 35.9 Å². The van der Waals surface area contributed by atoms with Crippen molar-refractivity contribution >= 4 is 62.5 Å². The molecule has 1 aliphatic rings. The maximum absolute atomic E-state index is 12.6. The number of ether oxygens (including phenoxy) is 1. The van der Waals surface area contributed by atoms with Crippen LogP contribution in [0.3, 0.4) is 0 Å². The first-order chi connectivity index (χ1) is 14.3. The monoisotopic (exact) mass is 489 g/mol. The summed E-state index contributed by atoms with van der Waals surface area (Å²) in [4.78, 5) is 12.2. The average molecular weight is 491 g/mol. The number of morpholine rings is 1. The zero-order valence-electron chi connectivity index (χ0n) is 15.6. The molecule has 30 heavy (non-hydrogen) atoms. The smallest absolute Gasteiger partial charge is 0.262 e. The fraction of sp³-hybridized carbons (Fsp3) is 0.211. The Morgan fingerprint density at radius 3 is 2.23 bits per heavy atom. The molecule has 2 N–H and O–H groups in total. The summed E-state index contributed by atoms with van der Waals surface area (Å²) in [5, 5.41) is 0.892. The zero-order chi connectivity index (χ0) is 21.7. The van der Waals surface area contributed by atoms with Gasteiger partial charge >= 0.3 is 0 Å². The molecule has 3 rings (SSSR count). The second-order valence-corrected chi connectivity index (χ2v) is 9.47. The number of hydrogen-bond acceptors (Lipinski definition) is 5. The van der Waals surface area contributed by atoms with Gasteiger partial charge in [0.05, 0.1) is 33.8 Å². The molecule has 2 aromatic rings. The lowest BCUT2D eigenvalue weighted by atomic mass is 10.2. The van der Waals surface area contributed by atoms with Gasteiger partial charge < -0.3 is 4.74 Å².